The van der Waals surface area contributed by atoms with Gasteiger partial charge in [-0.05, 0) is 72.8 Å². The number of benzene rings is 9. The lowest BCUT2D eigenvalue weighted by molar-refractivity contribution is 0.361. The van der Waals surface area contributed by atoms with Gasteiger partial charge in [0.2, 0.25) is 0 Å². The predicted octanol–water partition coefficient (Wildman–Crippen LogP) is 14.2. The Balaban J connectivity index is 0.953. The SMILES string of the molecule is CC1(C)c2ccccc2-c2c1ccc1c2Oc2c(cccc2-c2ccc(-c3nc(-c4ccccc4)nc(-c4ccc5c6ccccc6c6ccccc6c5c4)n3)cc2)O1. The molecule has 1 aliphatic heterocycles. The lowest BCUT2D eigenvalue weighted by Gasteiger charge is -2.26. The van der Waals surface area contributed by atoms with E-state index >= 15 is 0 Å². The number of fused-ring (bicyclic) bond motifs is 12. The molecule has 0 N–H and O–H groups in total. The number of rotatable bonds is 4. The van der Waals surface area contributed by atoms with E-state index in [0.29, 0.717) is 29.0 Å². The van der Waals surface area contributed by atoms with Crippen LogP contribution in [0.15, 0.2) is 176 Å². The minimum absolute atomic E-state index is 0.146. The lowest BCUT2D eigenvalue weighted by Crippen LogP contribution is -2.15. The van der Waals surface area contributed by atoms with Crippen molar-refractivity contribution >= 4 is 32.3 Å². The number of para-hydroxylation sites is 1. The Morgan fingerprint density at radius 2 is 0.881 bits per heavy atom. The molecule has 0 saturated heterocycles. The Hall–Kier alpha value is -7.63. The summed E-state index contributed by atoms with van der Waals surface area (Å²) < 4.78 is 13.5. The zero-order valence-corrected chi connectivity index (χ0v) is 32.4. The summed E-state index contributed by atoms with van der Waals surface area (Å²) in [6.07, 6.45) is 0. The Morgan fingerprint density at radius 3 is 1.59 bits per heavy atom. The van der Waals surface area contributed by atoms with Crippen molar-refractivity contribution in [3.05, 3.63) is 187 Å². The van der Waals surface area contributed by atoms with Gasteiger partial charge in [0.15, 0.2) is 40.5 Å². The smallest absolute Gasteiger partial charge is 0.178 e. The second-order valence-electron chi connectivity index (χ2n) is 15.9. The fourth-order valence-electron chi connectivity index (χ4n) is 9.27. The number of hydrogen-bond donors (Lipinski definition) is 0. The second kappa shape index (κ2) is 12.7. The number of ether oxygens (including phenoxy) is 2. The van der Waals surface area contributed by atoms with Crippen molar-refractivity contribution < 1.29 is 9.47 Å². The first-order chi connectivity index (χ1) is 29.0. The third-order valence-electron chi connectivity index (χ3n) is 12.2. The van der Waals surface area contributed by atoms with Crippen LogP contribution in [0, 0.1) is 0 Å². The molecule has 278 valence electrons. The minimum atomic E-state index is -0.146. The highest BCUT2D eigenvalue weighted by atomic mass is 16.6. The average molecular weight is 758 g/mol. The molecule has 0 radical (unpaired) electrons. The van der Waals surface area contributed by atoms with Crippen molar-refractivity contribution in [3.8, 4) is 79.4 Å². The fraction of sp³-hybridized carbons (Fsp3) is 0.0556. The predicted molar refractivity (Wildman–Crippen MR) is 238 cm³/mol. The van der Waals surface area contributed by atoms with E-state index in [2.05, 4.69) is 141 Å². The molecule has 0 atom stereocenters. The molecule has 0 unspecified atom stereocenters. The third kappa shape index (κ3) is 5.14. The molecule has 5 heteroatoms. The lowest BCUT2D eigenvalue weighted by atomic mass is 9.82. The maximum absolute atomic E-state index is 6.92. The summed E-state index contributed by atoms with van der Waals surface area (Å²) in [4.78, 5) is 15.3. The monoisotopic (exact) mass is 757 g/mol. The van der Waals surface area contributed by atoms with Crippen LogP contribution < -0.4 is 9.47 Å². The van der Waals surface area contributed by atoms with Crippen LogP contribution in [-0.4, -0.2) is 15.0 Å². The standard InChI is InChI=1S/C54H35N3O2/c1-54(2)44-21-11-10-19-42(44)48-45(54)29-30-47-50(48)59-49-36(20-12-22-46(49)58-47)32-23-25-34(26-24-32)52-55-51(33-13-4-3-5-14-33)56-53(57-52)35-27-28-41-39-17-7-6-15-37(39)38-16-8-9-18-40(38)43(41)31-35/h3-31H,1-2H3. The molecular weight excluding hydrogens is 723 g/mol. The van der Waals surface area contributed by atoms with Crippen molar-refractivity contribution in [2.45, 2.75) is 19.3 Å². The molecule has 10 aromatic rings. The van der Waals surface area contributed by atoms with Gasteiger partial charge >= 0.3 is 0 Å². The van der Waals surface area contributed by atoms with E-state index in [1.54, 1.807) is 0 Å². The summed E-state index contributed by atoms with van der Waals surface area (Å²) in [5.74, 6) is 4.73. The van der Waals surface area contributed by atoms with E-state index in [0.717, 1.165) is 44.9 Å². The molecular formula is C54H35N3O2. The first-order valence-corrected chi connectivity index (χ1v) is 20.0. The van der Waals surface area contributed by atoms with Crippen LogP contribution >= 0.6 is 0 Å². The topological polar surface area (TPSA) is 57.1 Å². The minimum Gasteiger partial charge on any atom is -0.449 e. The van der Waals surface area contributed by atoms with E-state index in [1.165, 1.54) is 49.0 Å². The molecule has 0 amide bonds. The Bertz CT molecular complexity index is 3320. The van der Waals surface area contributed by atoms with E-state index in [1.807, 2.05) is 48.5 Å². The number of aromatic nitrogens is 3. The summed E-state index contributed by atoms with van der Waals surface area (Å²) in [7, 11) is 0. The van der Waals surface area contributed by atoms with Gasteiger partial charge in [0.05, 0.1) is 0 Å². The Labute approximate surface area is 341 Å². The van der Waals surface area contributed by atoms with Crippen LogP contribution in [0.2, 0.25) is 0 Å². The van der Waals surface area contributed by atoms with Crippen molar-refractivity contribution in [2.75, 3.05) is 0 Å². The molecule has 0 bridgehead atoms. The zero-order chi connectivity index (χ0) is 39.2. The van der Waals surface area contributed by atoms with Crippen molar-refractivity contribution in [1.29, 1.82) is 0 Å². The molecule has 9 aromatic carbocycles. The number of nitrogens with zero attached hydrogens (tertiary/aromatic N) is 3. The van der Waals surface area contributed by atoms with Gasteiger partial charge < -0.3 is 9.47 Å². The third-order valence-corrected chi connectivity index (χ3v) is 12.2. The van der Waals surface area contributed by atoms with Gasteiger partial charge in [-0.15, -0.1) is 0 Å². The molecule has 2 aliphatic rings. The quantitative estimate of drug-likeness (QED) is 0.167. The van der Waals surface area contributed by atoms with Crippen LogP contribution in [0.4, 0.5) is 0 Å². The molecule has 59 heavy (non-hydrogen) atoms. The first-order valence-electron chi connectivity index (χ1n) is 20.0. The zero-order valence-electron chi connectivity index (χ0n) is 32.4. The van der Waals surface area contributed by atoms with Gasteiger partial charge in [-0.25, -0.2) is 15.0 Å². The Kier molecular flexibility index (Phi) is 7.20. The van der Waals surface area contributed by atoms with Gasteiger partial charge in [-0.2, -0.15) is 0 Å². The highest BCUT2D eigenvalue weighted by molar-refractivity contribution is 6.25. The highest BCUT2D eigenvalue weighted by Crippen LogP contribution is 2.59. The van der Waals surface area contributed by atoms with Crippen LogP contribution in [-0.2, 0) is 5.41 Å². The molecule has 2 heterocycles. The fourth-order valence-corrected chi connectivity index (χ4v) is 9.27. The highest BCUT2D eigenvalue weighted by Gasteiger charge is 2.39. The second-order valence-corrected chi connectivity index (χ2v) is 15.9. The first kappa shape index (κ1) is 33.5. The van der Waals surface area contributed by atoms with Gasteiger partial charge in [-0.1, -0.05) is 172 Å². The normalized spacial score (nSPS) is 13.3. The van der Waals surface area contributed by atoms with Gasteiger partial charge in [0.1, 0.15) is 0 Å². The van der Waals surface area contributed by atoms with E-state index < -0.39 is 0 Å². The van der Waals surface area contributed by atoms with Crippen molar-refractivity contribution in [1.82, 2.24) is 15.0 Å². The van der Waals surface area contributed by atoms with Gasteiger partial charge in [0, 0.05) is 33.2 Å². The van der Waals surface area contributed by atoms with E-state index in [9.17, 15) is 0 Å². The largest absolute Gasteiger partial charge is 0.449 e. The van der Waals surface area contributed by atoms with E-state index in [-0.39, 0.29) is 5.41 Å². The molecule has 0 saturated carbocycles. The maximum atomic E-state index is 6.92. The Morgan fingerprint density at radius 1 is 0.356 bits per heavy atom. The summed E-state index contributed by atoms with van der Waals surface area (Å²) >= 11 is 0. The summed E-state index contributed by atoms with van der Waals surface area (Å²) in [6.45, 7) is 4.55. The number of hydrogen-bond acceptors (Lipinski definition) is 5. The van der Waals surface area contributed by atoms with Gasteiger partial charge in [0.25, 0.3) is 0 Å². The van der Waals surface area contributed by atoms with Crippen LogP contribution in [0.5, 0.6) is 23.0 Å². The summed E-state index contributed by atoms with van der Waals surface area (Å²) in [6, 6.07) is 61.2. The van der Waals surface area contributed by atoms with Crippen LogP contribution in [0.3, 0.4) is 0 Å². The van der Waals surface area contributed by atoms with Crippen LogP contribution in [0.1, 0.15) is 25.0 Å². The molecule has 5 nitrogen and oxygen atoms in total. The molecule has 0 spiro atoms. The molecule has 1 aliphatic carbocycles. The maximum Gasteiger partial charge on any atom is 0.178 e. The summed E-state index contributed by atoms with van der Waals surface area (Å²) in [5, 5.41) is 7.29. The molecule has 0 fully saturated rings. The molecule has 12 rings (SSSR count). The molecule has 1 aromatic heterocycles. The summed E-state index contributed by atoms with van der Waals surface area (Å²) in [5.41, 5.74) is 9.37. The average Bonchev–Trinajstić information content (AvgIpc) is 3.54. The van der Waals surface area contributed by atoms with Gasteiger partial charge in [-0.3, -0.25) is 0 Å². The van der Waals surface area contributed by atoms with E-state index in [4.69, 9.17) is 24.4 Å². The van der Waals surface area contributed by atoms with Crippen molar-refractivity contribution in [3.63, 3.8) is 0 Å². The van der Waals surface area contributed by atoms with Crippen LogP contribution in [0.25, 0.3) is 88.7 Å². The van der Waals surface area contributed by atoms with Crippen molar-refractivity contribution in [2.24, 2.45) is 0 Å².